The highest BCUT2D eigenvalue weighted by Gasteiger charge is 2.21. The molecule has 0 spiro atoms. The summed E-state index contributed by atoms with van der Waals surface area (Å²) >= 11 is 1.28. The molecule has 30 heavy (non-hydrogen) atoms. The fourth-order valence-electron chi connectivity index (χ4n) is 3.13. The number of hydrogen-bond donors (Lipinski definition) is 1. The smallest absolute Gasteiger partial charge is 0.261 e. The summed E-state index contributed by atoms with van der Waals surface area (Å²) in [6.45, 7) is 1.44. The average Bonchev–Trinajstić information content (AvgIpc) is 3.18. The molecule has 0 aliphatic heterocycles. The zero-order chi connectivity index (χ0) is 21.1. The third-order valence-electron chi connectivity index (χ3n) is 4.63. The van der Waals surface area contributed by atoms with E-state index in [0.29, 0.717) is 10.6 Å². The van der Waals surface area contributed by atoms with Gasteiger partial charge in [0, 0.05) is 11.8 Å². The number of Topliss-reactive ketones (excluding diaryl/α,β-unsaturated/α-hetero) is 1. The van der Waals surface area contributed by atoms with Gasteiger partial charge in [0.1, 0.15) is 0 Å². The van der Waals surface area contributed by atoms with Crippen LogP contribution in [0.5, 0.6) is 0 Å². The molecule has 4 aromatic rings. The van der Waals surface area contributed by atoms with Gasteiger partial charge in [-0.25, -0.2) is 8.42 Å². The monoisotopic (exact) mass is 433 g/mol. The Kier molecular flexibility index (Phi) is 5.53. The van der Waals surface area contributed by atoms with Crippen molar-refractivity contribution in [2.45, 2.75) is 11.8 Å². The molecule has 0 amide bonds. The fraction of sp³-hybridized carbons (Fsp3) is 0.0417. The van der Waals surface area contributed by atoms with Crippen LogP contribution in [0.3, 0.4) is 0 Å². The molecule has 0 saturated heterocycles. The van der Waals surface area contributed by atoms with Gasteiger partial charge < -0.3 is 0 Å². The summed E-state index contributed by atoms with van der Waals surface area (Å²) in [6, 6.07) is 27.7. The van der Waals surface area contributed by atoms with E-state index in [1.807, 2.05) is 60.7 Å². The normalized spacial score (nSPS) is 11.2. The van der Waals surface area contributed by atoms with Crippen molar-refractivity contribution in [1.82, 2.24) is 0 Å². The molecule has 1 aromatic heterocycles. The van der Waals surface area contributed by atoms with E-state index < -0.39 is 10.0 Å². The molecular weight excluding hydrogens is 414 g/mol. The molecule has 1 heterocycles. The van der Waals surface area contributed by atoms with Gasteiger partial charge in [-0.15, -0.1) is 11.3 Å². The van der Waals surface area contributed by atoms with Crippen molar-refractivity contribution in [3.8, 4) is 21.6 Å². The van der Waals surface area contributed by atoms with E-state index in [0.717, 1.165) is 21.6 Å². The van der Waals surface area contributed by atoms with Crippen molar-refractivity contribution in [1.29, 1.82) is 0 Å². The van der Waals surface area contributed by atoms with Gasteiger partial charge >= 0.3 is 0 Å². The highest BCUT2D eigenvalue weighted by Crippen LogP contribution is 2.36. The van der Waals surface area contributed by atoms with Crippen LogP contribution < -0.4 is 4.72 Å². The topological polar surface area (TPSA) is 63.2 Å². The van der Waals surface area contributed by atoms with Gasteiger partial charge in [-0.1, -0.05) is 72.8 Å². The average molecular weight is 434 g/mol. The maximum atomic E-state index is 13.0. The molecule has 0 bridgehead atoms. The minimum absolute atomic E-state index is 0.143. The molecule has 4 rings (SSSR count). The maximum absolute atomic E-state index is 13.0. The van der Waals surface area contributed by atoms with E-state index in [1.54, 1.807) is 30.3 Å². The lowest BCUT2D eigenvalue weighted by molar-refractivity contribution is 0.102. The van der Waals surface area contributed by atoms with Crippen LogP contribution >= 0.6 is 11.3 Å². The Labute approximate surface area is 179 Å². The minimum atomic E-state index is -3.83. The summed E-state index contributed by atoms with van der Waals surface area (Å²) in [4.78, 5) is 13.5. The van der Waals surface area contributed by atoms with Gasteiger partial charge in [0.15, 0.2) is 5.78 Å². The third-order valence-corrected chi connectivity index (χ3v) is 7.29. The Morgan fingerprint density at radius 3 is 1.87 bits per heavy atom. The Bertz CT molecular complexity index is 1280. The molecule has 0 atom stereocenters. The summed E-state index contributed by atoms with van der Waals surface area (Å²) < 4.78 is 28.5. The Hall–Kier alpha value is -3.22. The predicted molar refractivity (Wildman–Crippen MR) is 122 cm³/mol. The molecule has 150 valence electrons. The minimum Gasteiger partial charge on any atom is -0.294 e. The van der Waals surface area contributed by atoms with Crippen molar-refractivity contribution < 1.29 is 13.2 Å². The van der Waals surface area contributed by atoms with Gasteiger partial charge in [-0.05, 0) is 34.9 Å². The first-order valence-corrected chi connectivity index (χ1v) is 11.6. The standard InChI is InChI=1S/C24H19NO3S2/c1-17(26)24-22(16-23(29-24)20-10-6-3-7-11-20)25-30(27,28)21-14-12-19(13-15-21)18-8-4-2-5-9-18/h2-16,25H,1H3. The molecule has 0 fully saturated rings. The third kappa shape index (κ3) is 4.20. The number of hydrogen-bond acceptors (Lipinski definition) is 4. The summed E-state index contributed by atoms with van der Waals surface area (Å²) in [5.74, 6) is -0.181. The largest absolute Gasteiger partial charge is 0.294 e. The maximum Gasteiger partial charge on any atom is 0.261 e. The molecular formula is C24H19NO3S2. The summed E-state index contributed by atoms with van der Waals surface area (Å²) in [7, 11) is -3.83. The van der Waals surface area contributed by atoms with Gasteiger partial charge in [0.2, 0.25) is 0 Å². The van der Waals surface area contributed by atoms with Crippen LogP contribution in [0.2, 0.25) is 0 Å². The fourth-order valence-corrected chi connectivity index (χ4v) is 5.28. The number of anilines is 1. The van der Waals surface area contributed by atoms with E-state index in [1.165, 1.54) is 18.3 Å². The van der Waals surface area contributed by atoms with Crippen molar-refractivity contribution in [3.63, 3.8) is 0 Å². The zero-order valence-electron chi connectivity index (χ0n) is 16.2. The lowest BCUT2D eigenvalue weighted by Crippen LogP contribution is -2.14. The Morgan fingerprint density at radius 2 is 1.30 bits per heavy atom. The molecule has 4 nitrogen and oxygen atoms in total. The molecule has 6 heteroatoms. The highest BCUT2D eigenvalue weighted by atomic mass is 32.2. The second-order valence-corrected chi connectivity index (χ2v) is 9.51. The van der Waals surface area contributed by atoms with E-state index in [4.69, 9.17) is 0 Å². The summed E-state index contributed by atoms with van der Waals surface area (Å²) in [5.41, 5.74) is 3.18. The number of carbonyl (C=O) groups is 1. The number of carbonyl (C=O) groups excluding carboxylic acids is 1. The molecule has 0 aliphatic rings. The first-order valence-electron chi connectivity index (χ1n) is 9.32. The van der Waals surface area contributed by atoms with Crippen LogP contribution in [0.25, 0.3) is 21.6 Å². The van der Waals surface area contributed by atoms with Gasteiger partial charge in [0.25, 0.3) is 10.0 Å². The van der Waals surface area contributed by atoms with E-state index in [9.17, 15) is 13.2 Å². The van der Waals surface area contributed by atoms with Gasteiger partial charge in [0.05, 0.1) is 15.5 Å². The Balaban J connectivity index is 1.65. The number of ketones is 1. The predicted octanol–water partition coefficient (Wildman–Crippen LogP) is 6.09. The lowest BCUT2D eigenvalue weighted by Gasteiger charge is -2.09. The molecule has 0 saturated carbocycles. The first-order chi connectivity index (χ1) is 14.4. The highest BCUT2D eigenvalue weighted by molar-refractivity contribution is 7.92. The van der Waals surface area contributed by atoms with Crippen molar-refractivity contribution in [2.75, 3.05) is 4.72 Å². The summed E-state index contributed by atoms with van der Waals surface area (Å²) in [5, 5.41) is 0. The number of sulfonamides is 1. The van der Waals surface area contributed by atoms with Crippen LogP contribution in [0.1, 0.15) is 16.6 Å². The second-order valence-electron chi connectivity index (χ2n) is 6.77. The first kappa shape index (κ1) is 20.1. The van der Waals surface area contributed by atoms with Crippen LogP contribution in [-0.4, -0.2) is 14.2 Å². The van der Waals surface area contributed by atoms with E-state index >= 15 is 0 Å². The summed E-state index contributed by atoms with van der Waals surface area (Å²) in [6.07, 6.45) is 0. The van der Waals surface area contributed by atoms with Crippen molar-refractivity contribution in [3.05, 3.63) is 95.9 Å². The van der Waals surface area contributed by atoms with Crippen LogP contribution in [0.4, 0.5) is 5.69 Å². The van der Waals surface area contributed by atoms with Crippen molar-refractivity contribution >= 4 is 32.8 Å². The SMILES string of the molecule is CC(=O)c1sc(-c2ccccc2)cc1NS(=O)(=O)c1ccc(-c2ccccc2)cc1. The molecule has 0 aliphatic carbocycles. The van der Waals surface area contributed by atoms with Crippen LogP contribution in [0.15, 0.2) is 95.9 Å². The Morgan fingerprint density at radius 1 is 0.767 bits per heavy atom. The lowest BCUT2D eigenvalue weighted by atomic mass is 10.1. The van der Waals surface area contributed by atoms with Gasteiger partial charge in [-0.2, -0.15) is 0 Å². The zero-order valence-corrected chi connectivity index (χ0v) is 17.8. The number of nitrogens with one attached hydrogen (secondary N) is 1. The van der Waals surface area contributed by atoms with Crippen molar-refractivity contribution in [2.24, 2.45) is 0 Å². The second kappa shape index (κ2) is 8.26. The molecule has 0 radical (unpaired) electrons. The number of benzene rings is 3. The molecule has 1 N–H and O–H groups in total. The van der Waals surface area contributed by atoms with Crippen LogP contribution in [-0.2, 0) is 10.0 Å². The number of rotatable bonds is 6. The van der Waals surface area contributed by atoms with Gasteiger partial charge in [-0.3, -0.25) is 9.52 Å². The van der Waals surface area contributed by atoms with E-state index in [-0.39, 0.29) is 10.7 Å². The number of thiophene rings is 1. The van der Waals surface area contributed by atoms with Crippen LogP contribution in [0, 0.1) is 0 Å². The van der Waals surface area contributed by atoms with E-state index in [2.05, 4.69) is 4.72 Å². The molecule has 3 aromatic carbocycles. The molecule has 0 unspecified atom stereocenters. The quantitative estimate of drug-likeness (QED) is 0.375.